The van der Waals surface area contributed by atoms with Crippen LogP contribution >= 0.6 is 0 Å². The first-order valence-electron chi connectivity index (χ1n) is 9.11. The van der Waals surface area contributed by atoms with E-state index >= 15 is 0 Å². The zero-order chi connectivity index (χ0) is 21.1. The Morgan fingerprint density at radius 1 is 0.533 bits per heavy atom. The average molecular weight is 396 g/mol. The van der Waals surface area contributed by atoms with Gasteiger partial charge in [-0.05, 0) is 70.8 Å². The molecule has 146 valence electrons. The smallest absolute Gasteiger partial charge is 0.335 e. The molecule has 0 bridgehead atoms. The molecule has 30 heavy (non-hydrogen) atoms. The van der Waals surface area contributed by atoms with E-state index in [9.17, 15) is 9.59 Å². The fraction of sp³-hybridized carbons (Fsp3) is 0. The van der Waals surface area contributed by atoms with E-state index in [1.807, 2.05) is 24.3 Å². The summed E-state index contributed by atoms with van der Waals surface area (Å²) in [7, 11) is 0. The van der Waals surface area contributed by atoms with Crippen molar-refractivity contribution in [3.63, 3.8) is 0 Å². The van der Waals surface area contributed by atoms with Gasteiger partial charge in [0.05, 0.1) is 22.5 Å². The van der Waals surface area contributed by atoms with E-state index in [-0.39, 0.29) is 11.1 Å². The quantitative estimate of drug-likeness (QED) is 0.499. The van der Waals surface area contributed by atoms with Crippen molar-refractivity contribution in [3.8, 4) is 33.6 Å². The van der Waals surface area contributed by atoms with Gasteiger partial charge in [-0.2, -0.15) is 0 Å². The van der Waals surface area contributed by atoms with E-state index in [4.69, 9.17) is 10.2 Å². The Morgan fingerprint density at radius 3 is 1.23 bits per heavy atom. The van der Waals surface area contributed by atoms with Gasteiger partial charge in [-0.3, -0.25) is 9.97 Å². The van der Waals surface area contributed by atoms with E-state index in [1.54, 1.807) is 60.9 Å². The molecule has 0 saturated heterocycles. The second kappa shape index (κ2) is 7.97. The molecule has 0 aliphatic heterocycles. The van der Waals surface area contributed by atoms with Crippen LogP contribution < -0.4 is 0 Å². The van der Waals surface area contributed by atoms with Gasteiger partial charge in [-0.25, -0.2) is 9.59 Å². The molecular formula is C24H16N2O4. The first kappa shape index (κ1) is 19.0. The Kier molecular flexibility index (Phi) is 5.05. The van der Waals surface area contributed by atoms with Gasteiger partial charge in [0.15, 0.2) is 0 Å². The molecule has 6 heteroatoms. The summed E-state index contributed by atoms with van der Waals surface area (Å²) in [5.74, 6) is -1.93. The molecule has 0 fully saturated rings. The van der Waals surface area contributed by atoms with Crippen molar-refractivity contribution < 1.29 is 19.8 Å². The van der Waals surface area contributed by atoms with Crippen molar-refractivity contribution in [1.82, 2.24) is 9.97 Å². The Labute approximate surface area is 172 Å². The zero-order valence-corrected chi connectivity index (χ0v) is 15.7. The number of aromatic nitrogens is 2. The lowest BCUT2D eigenvalue weighted by atomic mass is 10.0. The van der Waals surface area contributed by atoms with Gasteiger partial charge >= 0.3 is 11.9 Å². The second-order valence-corrected chi connectivity index (χ2v) is 6.62. The Bertz CT molecular complexity index is 1130. The number of nitrogens with zero attached hydrogens (tertiary/aromatic N) is 2. The third-order valence-electron chi connectivity index (χ3n) is 4.71. The van der Waals surface area contributed by atoms with E-state index in [1.165, 1.54) is 0 Å². The molecule has 2 aromatic carbocycles. The van der Waals surface area contributed by atoms with Gasteiger partial charge in [-0.1, -0.05) is 24.3 Å². The maximum atomic E-state index is 11.0. The molecule has 0 aliphatic rings. The molecule has 0 spiro atoms. The van der Waals surface area contributed by atoms with E-state index in [0.29, 0.717) is 11.4 Å². The number of pyridine rings is 2. The average Bonchev–Trinajstić information content (AvgIpc) is 2.79. The summed E-state index contributed by atoms with van der Waals surface area (Å²) in [5.41, 5.74) is 5.38. The first-order valence-corrected chi connectivity index (χ1v) is 9.11. The number of hydrogen-bond donors (Lipinski definition) is 2. The monoisotopic (exact) mass is 396 g/mol. The van der Waals surface area contributed by atoms with Crippen LogP contribution in [0.5, 0.6) is 0 Å². The van der Waals surface area contributed by atoms with Gasteiger partial charge in [0.1, 0.15) is 0 Å². The topological polar surface area (TPSA) is 100 Å². The lowest BCUT2D eigenvalue weighted by molar-refractivity contribution is 0.0686. The van der Waals surface area contributed by atoms with Crippen LogP contribution in [0.2, 0.25) is 0 Å². The number of hydrogen-bond acceptors (Lipinski definition) is 4. The molecule has 0 amide bonds. The number of carboxylic acids is 2. The highest BCUT2D eigenvalue weighted by atomic mass is 16.4. The highest BCUT2D eigenvalue weighted by Gasteiger charge is 2.09. The minimum Gasteiger partial charge on any atom is -0.478 e. The number of carboxylic acid groups (broad SMARTS) is 2. The largest absolute Gasteiger partial charge is 0.478 e. The van der Waals surface area contributed by atoms with Crippen molar-refractivity contribution in [2.45, 2.75) is 0 Å². The third kappa shape index (κ3) is 3.93. The second-order valence-electron chi connectivity index (χ2n) is 6.62. The highest BCUT2D eigenvalue weighted by Crippen LogP contribution is 2.27. The van der Waals surface area contributed by atoms with Crippen LogP contribution in [0, 0.1) is 0 Å². The Morgan fingerprint density at radius 2 is 0.900 bits per heavy atom. The Balaban J connectivity index is 1.66. The minimum atomic E-state index is -0.964. The number of aromatic carboxylic acids is 2. The van der Waals surface area contributed by atoms with Gasteiger partial charge in [0, 0.05) is 12.4 Å². The van der Waals surface area contributed by atoms with Crippen molar-refractivity contribution in [2.24, 2.45) is 0 Å². The lowest BCUT2D eigenvalue weighted by Crippen LogP contribution is -1.95. The molecule has 4 aromatic rings. The van der Waals surface area contributed by atoms with E-state index in [2.05, 4.69) is 9.97 Å². The summed E-state index contributed by atoms with van der Waals surface area (Å²) in [6.07, 6.45) is 3.37. The van der Waals surface area contributed by atoms with Crippen LogP contribution in [0.15, 0.2) is 85.2 Å². The molecule has 6 nitrogen and oxygen atoms in total. The van der Waals surface area contributed by atoms with Crippen LogP contribution in [-0.2, 0) is 0 Å². The van der Waals surface area contributed by atoms with Crippen LogP contribution in [-0.4, -0.2) is 32.1 Å². The summed E-state index contributed by atoms with van der Waals surface area (Å²) < 4.78 is 0. The van der Waals surface area contributed by atoms with Crippen LogP contribution in [0.1, 0.15) is 20.7 Å². The van der Waals surface area contributed by atoms with E-state index in [0.717, 1.165) is 22.3 Å². The predicted octanol–water partition coefficient (Wildman–Crippen LogP) is 4.87. The summed E-state index contributed by atoms with van der Waals surface area (Å²) in [4.78, 5) is 30.9. The number of benzene rings is 2. The SMILES string of the molecule is O=C(O)c1ccc(-c2ccnc(-c3cc(-c4ccc(C(=O)O)cc4)ccn3)c2)cc1. The molecule has 0 aliphatic carbocycles. The fourth-order valence-electron chi connectivity index (χ4n) is 3.11. The van der Waals surface area contributed by atoms with Gasteiger partial charge in [0.2, 0.25) is 0 Å². The summed E-state index contributed by atoms with van der Waals surface area (Å²) in [5, 5.41) is 18.1. The normalized spacial score (nSPS) is 10.5. The van der Waals surface area contributed by atoms with Crippen LogP contribution in [0.3, 0.4) is 0 Å². The molecule has 0 saturated carbocycles. The molecule has 0 atom stereocenters. The molecule has 0 unspecified atom stereocenters. The van der Waals surface area contributed by atoms with Gasteiger partial charge < -0.3 is 10.2 Å². The lowest BCUT2D eigenvalue weighted by Gasteiger charge is -2.07. The van der Waals surface area contributed by atoms with Crippen LogP contribution in [0.4, 0.5) is 0 Å². The maximum Gasteiger partial charge on any atom is 0.335 e. The summed E-state index contributed by atoms with van der Waals surface area (Å²) >= 11 is 0. The maximum absolute atomic E-state index is 11.0. The molecule has 4 rings (SSSR count). The molecule has 2 N–H and O–H groups in total. The number of rotatable bonds is 5. The fourth-order valence-corrected chi connectivity index (χ4v) is 3.11. The molecular weight excluding hydrogens is 380 g/mol. The third-order valence-corrected chi connectivity index (χ3v) is 4.71. The predicted molar refractivity (Wildman–Crippen MR) is 112 cm³/mol. The van der Waals surface area contributed by atoms with E-state index < -0.39 is 11.9 Å². The molecule has 2 aromatic heterocycles. The van der Waals surface area contributed by atoms with Crippen molar-refractivity contribution in [3.05, 3.63) is 96.3 Å². The van der Waals surface area contributed by atoms with Crippen molar-refractivity contribution in [2.75, 3.05) is 0 Å². The van der Waals surface area contributed by atoms with Crippen LogP contribution in [0.25, 0.3) is 33.6 Å². The molecule has 0 radical (unpaired) electrons. The Hall–Kier alpha value is -4.32. The van der Waals surface area contributed by atoms with Gasteiger partial charge in [-0.15, -0.1) is 0 Å². The summed E-state index contributed by atoms with van der Waals surface area (Å²) in [6.45, 7) is 0. The first-order chi connectivity index (χ1) is 14.5. The van der Waals surface area contributed by atoms with Crippen molar-refractivity contribution in [1.29, 1.82) is 0 Å². The highest BCUT2D eigenvalue weighted by molar-refractivity contribution is 5.89. The van der Waals surface area contributed by atoms with Gasteiger partial charge in [0.25, 0.3) is 0 Å². The van der Waals surface area contributed by atoms with Crippen molar-refractivity contribution >= 4 is 11.9 Å². The minimum absolute atomic E-state index is 0.233. The molecule has 2 heterocycles. The standard InChI is InChI=1S/C24H16N2O4/c27-23(28)17-5-1-15(2-6-17)19-9-11-25-21(13-19)22-14-20(10-12-26-22)16-3-7-18(8-4-16)24(29)30/h1-14H,(H,27,28)(H,29,30). The zero-order valence-electron chi connectivity index (χ0n) is 15.7. The number of carbonyl (C=O) groups is 2. The summed E-state index contributed by atoms with van der Waals surface area (Å²) in [6, 6.07) is 20.8.